The fourth-order valence-electron chi connectivity index (χ4n) is 3.19. The minimum absolute atomic E-state index is 0.0230. The molecule has 0 N–H and O–H groups in total. The second kappa shape index (κ2) is 10.4. The van der Waals surface area contributed by atoms with Crippen LogP contribution in [0.25, 0.3) is 6.08 Å². The first-order chi connectivity index (χ1) is 16.9. The van der Waals surface area contributed by atoms with Crippen molar-refractivity contribution >= 4 is 35.4 Å². The molecule has 0 radical (unpaired) electrons. The SMILES string of the molecule is CCOc1ccc(C2=NC(=Cc3ccc(Sc4nncn4C)c([N+](=O)[O-])c3)C(=O)O2)cc1OCC. The Kier molecular flexibility index (Phi) is 7.11. The number of benzene rings is 2. The third-order valence-electron chi connectivity index (χ3n) is 4.77. The highest BCUT2D eigenvalue weighted by molar-refractivity contribution is 7.99. The van der Waals surface area contributed by atoms with Crippen molar-refractivity contribution in [2.45, 2.75) is 23.9 Å². The summed E-state index contributed by atoms with van der Waals surface area (Å²) in [5, 5.41) is 19.9. The number of esters is 1. The summed E-state index contributed by atoms with van der Waals surface area (Å²) in [6, 6.07) is 9.74. The number of carbonyl (C=O) groups is 1. The fourth-order valence-corrected chi connectivity index (χ4v) is 4.04. The molecule has 35 heavy (non-hydrogen) atoms. The van der Waals surface area contributed by atoms with Crippen molar-refractivity contribution in [2.24, 2.45) is 12.0 Å². The Bertz CT molecular complexity index is 1350. The number of aliphatic imine (C=N–C) groups is 1. The molecule has 0 saturated heterocycles. The Morgan fingerprint density at radius 2 is 1.91 bits per heavy atom. The Hall–Kier alpha value is -4.19. The van der Waals surface area contributed by atoms with Crippen LogP contribution in [0.3, 0.4) is 0 Å². The summed E-state index contributed by atoms with van der Waals surface area (Å²) in [6.07, 6.45) is 2.95. The summed E-state index contributed by atoms with van der Waals surface area (Å²) in [4.78, 5) is 28.3. The zero-order valence-corrected chi connectivity index (χ0v) is 19.9. The van der Waals surface area contributed by atoms with Crippen molar-refractivity contribution in [3.63, 3.8) is 0 Å². The van der Waals surface area contributed by atoms with Gasteiger partial charge in [0.1, 0.15) is 6.33 Å². The van der Waals surface area contributed by atoms with E-state index < -0.39 is 10.9 Å². The van der Waals surface area contributed by atoms with E-state index in [0.717, 1.165) is 11.8 Å². The highest BCUT2D eigenvalue weighted by atomic mass is 32.2. The second-order valence-electron chi connectivity index (χ2n) is 7.17. The van der Waals surface area contributed by atoms with Gasteiger partial charge in [0.15, 0.2) is 22.4 Å². The number of aryl methyl sites for hydroxylation is 1. The van der Waals surface area contributed by atoms with Gasteiger partial charge in [0.05, 0.1) is 23.0 Å². The van der Waals surface area contributed by atoms with E-state index in [1.807, 2.05) is 13.8 Å². The number of cyclic esters (lactones) is 1. The van der Waals surface area contributed by atoms with Crippen molar-refractivity contribution in [3.8, 4) is 11.5 Å². The molecule has 0 aliphatic carbocycles. The average Bonchev–Trinajstić information content (AvgIpc) is 3.41. The van der Waals surface area contributed by atoms with Crippen LogP contribution in [0.2, 0.25) is 0 Å². The summed E-state index contributed by atoms with van der Waals surface area (Å²) in [5.74, 6) is 0.529. The smallest absolute Gasteiger partial charge is 0.363 e. The van der Waals surface area contributed by atoms with Gasteiger partial charge in [0, 0.05) is 18.7 Å². The van der Waals surface area contributed by atoms with Crippen molar-refractivity contribution in [3.05, 3.63) is 69.7 Å². The van der Waals surface area contributed by atoms with E-state index in [-0.39, 0.29) is 17.3 Å². The Labute approximate surface area is 204 Å². The number of hydrogen-bond donors (Lipinski definition) is 0. The molecule has 0 saturated carbocycles. The molecular formula is C23H21N5O6S. The van der Waals surface area contributed by atoms with Gasteiger partial charge >= 0.3 is 5.97 Å². The maximum absolute atomic E-state index is 12.5. The normalized spacial score (nSPS) is 14.1. The quantitative estimate of drug-likeness (QED) is 0.187. The Morgan fingerprint density at radius 1 is 1.14 bits per heavy atom. The van der Waals surface area contributed by atoms with Gasteiger partial charge in [-0.05, 0) is 61.5 Å². The fraction of sp³-hybridized carbons (Fsp3) is 0.217. The zero-order valence-electron chi connectivity index (χ0n) is 19.1. The van der Waals surface area contributed by atoms with Crippen LogP contribution >= 0.6 is 11.8 Å². The molecule has 1 aliphatic rings. The highest BCUT2D eigenvalue weighted by Gasteiger charge is 2.26. The maximum atomic E-state index is 12.5. The van der Waals surface area contributed by atoms with Crippen molar-refractivity contribution in [1.29, 1.82) is 0 Å². The Balaban J connectivity index is 1.63. The van der Waals surface area contributed by atoms with Gasteiger partial charge in [0.25, 0.3) is 5.69 Å². The minimum Gasteiger partial charge on any atom is -0.490 e. The van der Waals surface area contributed by atoms with Crippen LogP contribution in [-0.4, -0.2) is 44.8 Å². The lowest BCUT2D eigenvalue weighted by atomic mass is 10.1. The summed E-state index contributed by atoms with van der Waals surface area (Å²) >= 11 is 1.12. The second-order valence-corrected chi connectivity index (χ2v) is 8.18. The third kappa shape index (κ3) is 5.32. The molecule has 1 aromatic heterocycles. The van der Waals surface area contributed by atoms with Crippen LogP contribution in [0.5, 0.6) is 11.5 Å². The predicted molar refractivity (Wildman–Crippen MR) is 128 cm³/mol. The first-order valence-electron chi connectivity index (χ1n) is 10.6. The highest BCUT2D eigenvalue weighted by Crippen LogP contribution is 2.35. The number of aromatic nitrogens is 3. The molecule has 12 heteroatoms. The molecule has 4 rings (SSSR count). The minimum atomic E-state index is -0.660. The molecule has 2 aromatic carbocycles. The van der Waals surface area contributed by atoms with Crippen LogP contribution in [0.1, 0.15) is 25.0 Å². The van der Waals surface area contributed by atoms with Crippen molar-refractivity contribution < 1.29 is 23.9 Å². The van der Waals surface area contributed by atoms with Gasteiger partial charge in [-0.1, -0.05) is 6.07 Å². The van der Waals surface area contributed by atoms with E-state index in [2.05, 4.69) is 15.2 Å². The van der Waals surface area contributed by atoms with E-state index in [4.69, 9.17) is 14.2 Å². The molecule has 0 unspecified atom stereocenters. The molecule has 0 fully saturated rings. The summed E-state index contributed by atoms with van der Waals surface area (Å²) in [6.45, 7) is 4.64. The standard InChI is InChI=1S/C23H21N5O6S/c1-4-32-18-8-7-15(12-19(18)33-5-2)21-25-16(22(29)34-21)10-14-6-9-20(17(11-14)28(30)31)35-23-26-24-13-27(23)3/h6-13H,4-5H2,1-3H3. The average molecular weight is 496 g/mol. The number of nitro groups is 1. The first-order valence-corrected chi connectivity index (χ1v) is 11.4. The molecule has 2 heterocycles. The van der Waals surface area contributed by atoms with E-state index in [1.165, 1.54) is 18.5 Å². The number of rotatable bonds is 9. The molecule has 0 amide bonds. The van der Waals surface area contributed by atoms with E-state index in [0.29, 0.717) is 45.9 Å². The van der Waals surface area contributed by atoms with Gasteiger partial charge in [-0.3, -0.25) is 10.1 Å². The molecule has 1 aliphatic heterocycles. The van der Waals surface area contributed by atoms with E-state index >= 15 is 0 Å². The monoisotopic (exact) mass is 495 g/mol. The number of hydrogen-bond acceptors (Lipinski definition) is 10. The van der Waals surface area contributed by atoms with Crippen molar-refractivity contribution in [1.82, 2.24) is 14.8 Å². The van der Waals surface area contributed by atoms with Gasteiger partial charge in [-0.25, -0.2) is 9.79 Å². The largest absolute Gasteiger partial charge is 0.490 e. The van der Waals surface area contributed by atoms with Crippen LogP contribution < -0.4 is 9.47 Å². The first kappa shape index (κ1) is 24.0. The van der Waals surface area contributed by atoms with Gasteiger partial charge in [0.2, 0.25) is 5.90 Å². The number of ether oxygens (including phenoxy) is 3. The molecule has 180 valence electrons. The van der Waals surface area contributed by atoms with E-state index in [1.54, 1.807) is 41.9 Å². The lowest BCUT2D eigenvalue weighted by Gasteiger charge is -2.11. The summed E-state index contributed by atoms with van der Waals surface area (Å²) in [5.41, 5.74) is 0.860. The van der Waals surface area contributed by atoms with Crippen LogP contribution in [0.4, 0.5) is 5.69 Å². The predicted octanol–water partition coefficient (Wildman–Crippen LogP) is 4.02. The summed E-state index contributed by atoms with van der Waals surface area (Å²) in [7, 11) is 1.75. The molecule has 0 spiro atoms. The van der Waals surface area contributed by atoms with Crippen LogP contribution in [0, 0.1) is 10.1 Å². The lowest BCUT2D eigenvalue weighted by Crippen LogP contribution is -2.06. The maximum Gasteiger partial charge on any atom is 0.363 e. The summed E-state index contributed by atoms with van der Waals surface area (Å²) < 4.78 is 18.2. The van der Waals surface area contributed by atoms with Gasteiger partial charge < -0.3 is 18.8 Å². The Morgan fingerprint density at radius 3 is 2.60 bits per heavy atom. The molecular weight excluding hydrogens is 474 g/mol. The number of carbonyl (C=O) groups excluding carboxylic acids is 1. The van der Waals surface area contributed by atoms with Crippen molar-refractivity contribution in [2.75, 3.05) is 13.2 Å². The van der Waals surface area contributed by atoms with Gasteiger partial charge in [-0.15, -0.1) is 10.2 Å². The third-order valence-corrected chi connectivity index (χ3v) is 5.88. The zero-order chi connectivity index (χ0) is 24.9. The van der Waals surface area contributed by atoms with Gasteiger partial charge in [-0.2, -0.15) is 0 Å². The van der Waals surface area contributed by atoms with Crippen LogP contribution in [0.15, 0.2) is 63.5 Å². The number of nitro benzene ring substituents is 1. The lowest BCUT2D eigenvalue weighted by molar-refractivity contribution is -0.387. The molecule has 11 nitrogen and oxygen atoms in total. The van der Waals surface area contributed by atoms with E-state index in [9.17, 15) is 14.9 Å². The molecule has 3 aromatic rings. The number of nitrogens with zero attached hydrogens (tertiary/aromatic N) is 5. The molecule has 0 bridgehead atoms. The topological polar surface area (TPSA) is 131 Å². The molecule has 0 atom stereocenters. The van der Waals surface area contributed by atoms with Crippen LogP contribution in [-0.2, 0) is 16.6 Å².